The van der Waals surface area contributed by atoms with Crippen LogP contribution < -0.4 is 16.4 Å². The monoisotopic (exact) mass is 322 g/mol. The van der Waals surface area contributed by atoms with E-state index in [-0.39, 0.29) is 17.9 Å². The molecule has 24 heavy (non-hydrogen) atoms. The first-order chi connectivity index (χ1) is 11.6. The van der Waals surface area contributed by atoms with Crippen molar-refractivity contribution in [3.63, 3.8) is 0 Å². The molecule has 3 rings (SSSR count). The summed E-state index contributed by atoms with van der Waals surface area (Å²) < 4.78 is 0. The van der Waals surface area contributed by atoms with Crippen molar-refractivity contribution in [3.8, 4) is 0 Å². The lowest BCUT2D eigenvalue weighted by Crippen LogP contribution is -2.37. The van der Waals surface area contributed by atoms with Gasteiger partial charge < -0.3 is 5.10 Å². The van der Waals surface area contributed by atoms with E-state index in [4.69, 9.17) is 0 Å². The van der Waals surface area contributed by atoms with Gasteiger partial charge in [-0.2, -0.15) is 0 Å². The highest BCUT2D eigenvalue weighted by Gasteiger charge is 2.12. The van der Waals surface area contributed by atoms with Gasteiger partial charge in [-0.25, -0.2) is 0 Å². The van der Waals surface area contributed by atoms with Crippen molar-refractivity contribution in [2.45, 2.75) is 13.3 Å². The predicted octanol–water partition coefficient (Wildman–Crippen LogP) is 2.00. The fraction of sp³-hybridized carbons (Fsp3) is 0.111. The maximum Gasteiger partial charge on any atom is 0.267 e. The minimum atomic E-state index is -0.315. The minimum absolute atomic E-state index is 0.0134. The van der Waals surface area contributed by atoms with Gasteiger partial charge in [-0.3, -0.25) is 25.5 Å². The summed E-state index contributed by atoms with van der Waals surface area (Å²) in [6.07, 6.45) is -0.0134. The number of amides is 1. The number of hydrazine groups is 1. The number of fused-ring (bicyclic) bond motifs is 1. The molecule has 0 radical (unpaired) electrons. The number of hydrogen-bond acceptors (Lipinski definition) is 3. The smallest absolute Gasteiger partial charge is 0.267 e. The lowest BCUT2D eigenvalue weighted by Gasteiger charge is -2.13. The maximum absolute atomic E-state index is 12.0. The molecule has 1 aromatic heterocycles. The Morgan fingerprint density at radius 1 is 1.08 bits per heavy atom. The SMILES string of the molecule is C=C(NNC(=O)Cc1c(C)[nH][nH]c1=O)c1cccc2ccccc12. The highest BCUT2D eigenvalue weighted by atomic mass is 16.2. The Kier molecular flexibility index (Phi) is 4.20. The largest absolute Gasteiger partial charge is 0.302 e. The summed E-state index contributed by atoms with van der Waals surface area (Å²) in [7, 11) is 0. The Bertz CT molecular complexity index is 963. The Balaban J connectivity index is 1.69. The van der Waals surface area contributed by atoms with Gasteiger partial charge in [0.1, 0.15) is 0 Å². The molecule has 0 spiro atoms. The second-order valence-corrected chi connectivity index (χ2v) is 5.54. The van der Waals surface area contributed by atoms with Crippen molar-refractivity contribution in [3.05, 3.63) is 76.2 Å². The molecule has 0 saturated carbocycles. The summed E-state index contributed by atoms with van der Waals surface area (Å²) in [4.78, 5) is 23.6. The molecule has 0 saturated heterocycles. The molecular weight excluding hydrogens is 304 g/mol. The zero-order valence-corrected chi connectivity index (χ0v) is 13.3. The fourth-order valence-corrected chi connectivity index (χ4v) is 2.59. The molecule has 0 unspecified atom stereocenters. The maximum atomic E-state index is 12.0. The van der Waals surface area contributed by atoms with Crippen LogP contribution in [-0.2, 0) is 11.2 Å². The van der Waals surface area contributed by atoms with Gasteiger partial charge in [0.15, 0.2) is 0 Å². The van der Waals surface area contributed by atoms with E-state index < -0.39 is 0 Å². The van der Waals surface area contributed by atoms with Crippen LogP contribution in [0.3, 0.4) is 0 Å². The summed E-state index contributed by atoms with van der Waals surface area (Å²) in [6.45, 7) is 5.72. The van der Waals surface area contributed by atoms with Gasteiger partial charge in [0.2, 0.25) is 5.91 Å². The number of H-pyrrole nitrogens is 2. The van der Waals surface area contributed by atoms with Crippen molar-refractivity contribution in [1.29, 1.82) is 0 Å². The van der Waals surface area contributed by atoms with Gasteiger partial charge in [0.25, 0.3) is 5.56 Å². The molecule has 0 bridgehead atoms. The fourth-order valence-electron chi connectivity index (χ4n) is 2.59. The zero-order chi connectivity index (χ0) is 17.1. The average Bonchev–Trinajstić information content (AvgIpc) is 2.91. The van der Waals surface area contributed by atoms with E-state index in [2.05, 4.69) is 27.6 Å². The van der Waals surface area contributed by atoms with E-state index in [1.165, 1.54) is 0 Å². The van der Waals surface area contributed by atoms with Crippen molar-refractivity contribution < 1.29 is 4.79 Å². The third-order valence-electron chi connectivity index (χ3n) is 3.90. The molecule has 6 heteroatoms. The first kappa shape index (κ1) is 15.6. The van der Waals surface area contributed by atoms with E-state index >= 15 is 0 Å². The lowest BCUT2D eigenvalue weighted by molar-refractivity contribution is -0.121. The number of rotatable bonds is 5. The number of aromatic amines is 2. The number of aryl methyl sites for hydroxylation is 1. The number of aromatic nitrogens is 2. The number of nitrogens with one attached hydrogen (secondary N) is 4. The molecular formula is C18H18N4O2. The Morgan fingerprint density at radius 3 is 2.58 bits per heavy atom. The zero-order valence-electron chi connectivity index (χ0n) is 13.3. The number of benzene rings is 2. The number of carbonyl (C=O) groups is 1. The molecule has 0 fully saturated rings. The second-order valence-electron chi connectivity index (χ2n) is 5.54. The van der Waals surface area contributed by atoms with E-state index in [1.807, 2.05) is 42.5 Å². The van der Waals surface area contributed by atoms with Crippen LogP contribution in [0.2, 0.25) is 0 Å². The molecule has 3 aromatic rings. The van der Waals surface area contributed by atoms with Crippen LogP contribution in [0.4, 0.5) is 0 Å². The van der Waals surface area contributed by atoms with Gasteiger partial charge in [-0.05, 0) is 17.7 Å². The molecule has 6 nitrogen and oxygen atoms in total. The molecule has 0 aliphatic carbocycles. The molecule has 2 aromatic carbocycles. The lowest BCUT2D eigenvalue weighted by atomic mass is 10.0. The first-order valence-electron chi connectivity index (χ1n) is 7.54. The van der Waals surface area contributed by atoms with Crippen LogP contribution in [0.15, 0.2) is 53.8 Å². The second kappa shape index (κ2) is 6.45. The Morgan fingerprint density at radius 2 is 1.83 bits per heavy atom. The predicted molar refractivity (Wildman–Crippen MR) is 94.1 cm³/mol. The van der Waals surface area contributed by atoms with E-state index in [9.17, 15) is 9.59 Å². The third kappa shape index (κ3) is 3.08. The van der Waals surface area contributed by atoms with Crippen LogP contribution in [0.25, 0.3) is 16.5 Å². The summed E-state index contributed by atoms with van der Waals surface area (Å²) in [5.41, 5.74) is 7.69. The van der Waals surface area contributed by atoms with Gasteiger partial charge in [0, 0.05) is 16.8 Å². The Labute approximate surface area is 138 Å². The van der Waals surface area contributed by atoms with Crippen LogP contribution in [0, 0.1) is 6.92 Å². The van der Waals surface area contributed by atoms with E-state index in [0.29, 0.717) is 17.0 Å². The molecule has 0 atom stereocenters. The highest BCUT2D eigenvalue weighted by Crippen LogP contribution is 2.22. The highest BCUT2D eigenvalue weighted by molar-refractivity contribution is 5.93. The van der Waals surface area contributed by atoms with Gasteiger partial charge >= 0.3 is 0 Å². The summed E-state index contributed by atoms with van der Waals surface area (Å²) >= 11 is 0. The molecule has 1 heterocycles. The molecule has 4 N–H and O–H groups in total. The molecule has 1 amide bonds. The van der Waals surface area contributed by atoms with E-state index in [1.54, 1.807) is 6.92 Å². The third-order valence-corrected chi connectivity index (χ3v) is 3.90. The average molecular weight is 322 g/mol. The van der Waals surface area contributed by atoms with Crippen molar-refractivity contribution in [2.24, 2.45) is 0 Å². The van der Waals surface area contributed by atoms with Crippen molar-refractivity contribution >= 4 is 22.4 Å². The van der Waals surface area contributed by atoms with Crippen LogP contribution in [0.5, 0.6) is 0 Å². The number of carbonyl (C=O) groups excluding carboxylic acids is 1. The normalized spacial score (nSPS) is 10.5. The summed E-state index contributed by atoms with van der Waals surface area (Å²) in [6, 6.07) is 13.8. The quantitative estimate of drug-likeness (QED) is 0.542. The Hall–Kier alpha value is -3.28. The van der Waals surface area contributed by atoms with Gasteiger partial charge in [-0.15, -0.1) is 0 Å². The van der Waals surface area contributed by atoms with Crippen molar-refractivity contribution in [2.75, 3.05) is 0 Å². The first-order valence-corrected chi connectivity index (χ1v) is 7.54. The summed E-state index contributed by atoms with van der Waals surface area (Å²) in [5.74, 6) is -0.315. The molecule has 122 valence electrons. The van der Waals surface area contributed by atoms with Crippen molar-refractivity contribution in [1.82, 2.24) is 21.0 Å². The minimum Gasteiger partial charge on any atom is -0.302 e. The van der Waals surface area contributed by atoms with Crippen LogP contribution in [-0.4, -0.2) is 16.1 Å². The molecule has 0 aliphatic rings. The van der Waals surface area contributed by atoms with E-state index in [0.717, 1.165) is 16.3 Å². The number of hydrogen-bond donors (Lipinski definition) is 4. The van der Waals surface area contributed by atoms with Gasteiger partial charge in [0.05, 0.1) is 12.1 Å². The standard InChI is InChI=1S/C18H18N4O2/c1-11(14-9-5-7-13-6-3-4-8-15(13)14)19-21-17(23)10-16-12(2)20-22-18(16)24/h3-9,19H,1,10H2,2H3,(H,21,23)(H2,20,22,24). The van der Waals surface area contributed by atoms with Gasteiger partial charge in [-0.1, -0.05) is 49.0 Å². The molecule has 0 aliphatic heterocycles. The summed E-state index contributed by atoms with van der Waals surface area (Å²) in [5, 5.41) is 7.29. The van der Waals surface area contributed by atoms with Crippen LogP contribution >= 0.6 is 0 Å². The van der Waals surface area contributed by atoms with Crippen LogP contribution in [0.1, 0.15) is 16.8 Å². The topological polar surface area (TPSA) is 89.8 Å².